The first-order valence-corrected chi connectivity index (χ1v) is 10.1. The van der Waals surface area contributed by atoms with E-state index in [1.807, 2.05) is 0 Å². The smallest absolute Gasteiger partial charge is 0.387 e. The third-order valence-electron chi connectivity index (χ3n) is 6.03. The fraction of sp³-hybridized carbons (Fsp3) is 0.476. The molecule has 30 heavy (non-hydrogen) atoms. The highest BCUT2D eigenvalue weighted by Gasteiger charge is 2.36. The van der Waals surface area contributed by atoms with Gasteiger partial charge < -0.3 is 15.4 Å². The molecule has 9 heteroatoms. The summed E-state index contributed by atoms with van der Waals surface area (Å²) in [5.41, 5.74) is 7.26. The number of nitriles is 1. The van der Waals surface area contributed by atoms with Crippen molar-refractivity contribution in [3.8, 4) is 11.8 Å². The zero-order valence-electron chi connectivity index (χ0n) is 16.4. The molecule has 1 aromatic heterocycles. The molecule has 2 saturated heterocycles. The normalized spacial score (nSPS) is 20.6. The molecule has 0 saturated carbocycles. The van der Waals surface area contributed by atoms with Gasteiger partial charge in [-0.2, -0.15) is 14.0 Å². The fourth-order valence-electron chi connectivity index (χ4n) is 4.71. The van der Waals surface area contributed by atoms with Crippen LogP contribution in [0.2, 0.25) is 0 Å². The number of nitrogens with zero attached hydrogens (tertiary/aromatic N) is 4. The van der Waals surface area contributed by atoms with Gasteiger partial charge in [0, 0.05) is 30.7 Å². The van der Waals surface area contributed by atoms with Gasteiger partial charge in [0.2, 0.25) is 5.91 Å². The number of likely N-dealkylation sites (tertiary alicyclic amines) is 1. The number of alkyl halides is 2. The molecule has 2 aromatic rings. The molecule has 1 aromatic carbocycles. The van der Waals surface area contributed by atoms with E-state index >= 15 is 0 Å². The molecule has 1 atom stereocenters. The Balaban J connectivity index is 1.60. The van der Waals surface area contributed by atoms with Crippen molar-refractivity contribution in [2.24, 2.45) is 5.73 Å². The number of pyridine rings is 1. The molecule has 1 unspecified atom stereocenters. The molecule has 3 heterocycles. The number of hydrogen-bond donors (Lipinski definition) is 1. The lowest BCUT2D eigenvalue weighted by Crippen LogP contribution is -2.50. The Morgan fingerprint density at radius 1 is 1.27 bits per heavy atom. The maximum atomic E-state index is 12.7. The Morgan fingerprint density at radius 3 is 2.70 bits per heavy atom. The molecule has 0 radical (unpaired) electrons. The summed E-state index contributed by atoms with van der Waals surface area (Å²) in [5, 5.41) is 10.2. The largest absolute Gasteiger partial charge is 0.435 e. The van der Waals surface area contributed by atoms with Crippen LogP contribution in [-0.2, 0) is 4.79 Å². The Kier molecular flexibility index (Phi) is 5.68. The number of primary amides is 1. The molecule has 0 bridgehead atoms. The van der Waals surface area contributed by atoms with Gasteiger partial charge in [0.15, 0.2) is 0 Å². The maximum absolute atomic E-state index is 12.7. The van der Waals surface area contributed by atoms with Crippen molar-refractivity contribution in [3.05, 3.63) is 30.0 Å². The van der Waals surface area contributed by atoms with E-state index in [-0.39, 0.29) is 23.7 Å². The number of rotatable bonds is 5. The molecule has 4 rings (SSSR count). The number of fused-ring (bicyclic) bond motifs is 1. The van der Waals surface area contributed by atoms with Crippen LogP contribution in [0.3, 0.4) is 0 Å². The first-order valence-electron chi connectivity index (χ1n) is 10.1. The number of benzene rings is 1. The van der Waals surface area contributed by atoms with Crippen molar-refractivity contribution in [2.75, 3.05) is 24.5 Å². The number of amides is 1. The van der Waals surface area contributed by atoms with E-state index in [2.05, 4.69) is 25.6 Å². The lowest BCUT2D eigenvalue weighted by atomic mass is 9.99. The van der Waals surface area contributed by atoms with Gasteiger partial charge in [0.05, 0.1) is 22.8 Å². The summed E-state index contributed by atoms with van der Waals surface area (Å²) in [5.74, 6) is -0.236. The SMILES string of the molecule is N#Cc1cnc2ccc(OC(F)F)cc2c1N1CCC(N2CCCC2C(N)=O)CC1. The van der Waals surface area contributed by atoms with Crippen LogP contribution in [0.15, 0.2) is 24.4 Å². The Bertz CT molecular complexity index is 985. The quantitative estimate of drug-likeness (QED) is 0.807. The molecule has 2 fully saturated rings. The fourth-order valence-corrected chi connectivity index (χ4v) is 4.71. The topological polar surface area (TPSA) is 95.5 Å². The Morgan fingerprint density at radius 2 is 2.03 bits per heavy atom. The van der Waals surface area contributed by atoms with E-state index in [1.54, 1.807) is 6.07 Å². The molecule has 2 aliphatic rings. The predicted octanol–water partition coefficient (Wildman–Crippen LogP) is 2.63. The number of carbonyl (C=O) groups excluding carboxylic acids is 1. The number of ether oxygens (including phenoxy) is 1. The highest BCUT2D eigenvalue weighted by Crippen LogP contribution is 2.35. The van der Waals surface area contributed by atoms with Gasteiger partial charge in [-0.15, -0.1) is 0 Å². The molecular weight excluding hydrogens is 392 g/mol. The highest BCUT2D eigenvalue weighted by atomic mass is 19.3. The molecule has 158 valence electrons. The number of nitrogens with two attached hydrogens (primary N) is 1. The standard InChI is InChI=1S/C21H23F2N5O2/c22-21(23)30-15-3-4-17-16(10-15)19(13(11-24)12-26-17)27-8-5-14(6-9-27)28-7-1-2-18(28)20(25)29/h3-4,10,12,14,18,21H,1-2,5-9H2,(H2,25,29). The number of anilines is 1. The second-order valence-corrected chi connectivity index (χ2v) is 7.71. The van der Waals surface area contributed by atoms with E-state index in [9.17, 15) is 18.8 Å². The van der Waals surface area contributed by atoms with E-state index in [4.69, 9.17) is 5.73 Å². The number of halogens is 2. The average Bonchev–Trinajstić information content (AvgIpc) is 3.23. The third kappa shape index (κ3) is 3.87. The molecule has 0 spiro atoms. The minimum Gasteiger partial charge on any atom is -0.435 e. The molecule has 2 aliphatic heterocycles. The minimum absolute atomic E-state index is 0.0342. The van der Waals surface area contributed by atoms with Crippen molar-refractivity contribution in [1.82, 2.24) is 9.88 Å². The van der Waals surface area contributed by atoms with Crippen molar-refractivity contribution < 1.29 is 18.3 Å². The maximum Gasteiger partial charge on any atom is 0.387 e. The predicted molar refractivity (Wildman–Crippen MR) is 107 cm³/mol. The van der Waals surface area contributed by atoms with Crippen LogP contribution < -0.4 is 15.4 Å². The molecular formula is C21H23F2N5O2. The van der Waals surface area contributed by atoms with Gasteiger partial charge in [-0.25, -0.2) is 0 Å². The highest BCUT2D eigenvalue weighted by molar-refractivity contribution is 5.95. The van der Waals surface area contributed by atoms with Crippen LogP contribution in [0.4, 0.5) is 14.5 Å². The summed E-state index contributed by atoms with van der Waals surface area (Å²) in [6.07, 6.45) is 4.93. The average molecular weight is 415 g/mol. The van der Waals surface area contributed by atoms with Gasteiger partial charge in [0.25, 0.3) is 0 Å². The molecule has 1 amide bonds. The van der Waals surface area contributed by atoms with Gasteiger partial charge in [-0.3, -0.25) is 14.7 Å². The van der Waals surface area contributed by atoms with Gasteiger partial charge in [0.1, 0.15) is 11.8 Å². The number of hydrogen-bond acceptors (Lipinski definition) is 6. The summed E-state index contributed by atoms with van der Waals surface area (Å²) in [7, 11) is 0. The monoisotopic (exact) mass is 415 g/mol. The van der Waals surface area contributed by atoms with Crippen molar-refractivity contribution in [3.63, 3.8) is 0 Å². The van der Waals surface area contributed by atoms with E-state index in [1.165, 1.54) is 18.3 Å². The van der Waals surface area contributed by atoms with Gasteiger partial charge >= 0.3 is 6.61 Å². The Hall–Kier alpha value is -2.99. The second-order valence-electron chi connectivity index (χ2n) is 7.71. The Labute approximate surface area is 173 Å². The molecule has 2 N–H and O–H groups in total. The van der Waals surface area contributed by atoms with Crippen molar-refractivity contribution in [2.45, 2.75) is 44.4 Å². The summed E-state index contributed by atoms with van der Waals surface area (Å²) in [6.45, 7) is -0.693. The summed E-state index contributed by atoms with van der Waals surface area (Å²) in [4.78, 5) is 20.3. The zero-order chi connectivity index (χ0) is 21.3. The van der Waals surface area contributed by atoms with Crippen LogP contribution in [0.1, 0.15) is 31.2 Å². The van der Waals surface area contributed by atoms with Crippen LogP contribution in [0.5, 0.6) is 5.75 Å². The second kappa shape index (κ2) is 8.40. The van der Waals surface area contributed by atoms with Crippen LogP contribution in [0, 0.1) is 11.3 Å². The van der Waals surface area contributed by atoms with Gasteiger partial charge in [-0.1, -0.05) is 0 Å². The van der Waals surface area contributed by atoms with E-state index in [0.717, 1.165) is 32.2 Å². The van der Waals surface area contributed by atoms with Crippen LogP contribution in [-0.4, -0.2) is 54.1 Å². The zero-order valence-corrected chi connectivity index (χ0v) is 16.4. The lowest BCUT2D eigenvalue weighted by molar-refractivity contribution is -0.123. The van der Waals surface area contributed by atoms with Crippen molar-refractivity contribution in [1.29, 1.82) is 5.26 Å². The van der Waals surface area contributed by atoms with Gasteiger partial charge in [-0.05, 0) is 50.4 Å². The first kappa shape index (κ1) is 20.3. The van der Waals surface area contributed by atoms with E-state index < -0.39 is 6.61 Å². The number of aromatic nitrogens is 1. The van der Waals surface area contributed by atoms with E-state index in [0.29, 0.717) is 35.2 Å². The van der Waals surface area contributed by atoms with Crippen LogP contribution >= 0.6 is 0 Å². The lowest BCUT2D eigenvalue weighted by Gasteiger charge is -2.40. The minimum atomic E-state index is -2.92. The summed E-state index contributed by atoms with van der Waals surface area (Å²) in [6, 6.07) is 6.81. The number of carbonyl (C=O) groups is 1. The molecule has 7 nitrogen and oxygen atoms in total. The van der Waals surface area contributed by atoms with Crippen LogP contribution in [0.25, 0.3) is 10.9 Å². The summed E-state index contributed by atoms with van der Waals surface area (Å²) >= 11 is 0. The van der Waals surface area contributed by atoms with Crippen molar-refractivity contribution >= 4 is 22.5 Å². The molecule has 0 aliphatic carbocycles. The first-order chi connectivity index (χ1) is 14.5. The third-order valence-corrected chi connectivity index (χ3v) is 6.03. The number of piperidine rings is 1. The summed E-state index contributed by atoms with van der Waals surface area (Å²) < 4.78 is 29.9.